The summed E-state index contributed by atoms with van der Waals surface area (Å²) < 4.78 is 6.96. The second kappa shape index (κ2) is 9.74. The van der Waals surface area contributed by atoms with Crippen molar-refractivity contribution in [1.82, 2.24) is 4.98 Å². The first kappa shape index (κ1) is 20.4. The van der Waals surface area contributed by atoms with Gasteiger partial charge in [-0.05, 0) is 36.5 Å². The molecule has 1 fully saturated rings. The van der Waals surface area contributed by atoms with E-state index in [0.29, 0.717) is 12.3 Å². The number of thiazole rings is 1. The molecule has 6 heteroatoms. The van der Waals surface area contributed by atoms with Gasteiger partial charge in [0, 0.05) is 12.4 Å². The number of nitrogens with zero attached hydrogens (tertiary/aromatic N) is 2. The third-order valence-corrected chi connectivity index (χ3v) is 7.18. The van der Waals surface area contributed by atoms with Gasteiger partial charge in [0.05, 0.1) is 28.6 Å². The van der Waals surface area contributed by atoms with Gasteiger partial charge < -0.3 is 4.74 Å². The fraction of sp³-hybridized carbons (Fsp3) is 0.391. The van der Waals surface area contributed by atoms with Crippen molar-refractivity contribution in [3.8, 4) is 0 Å². The molecule has 1 amide bonds. The molecule has 2 heterocycles. The van der Waals surface area contributed by atoms with E-state index in [9.17, 15) is 4.79 Å². The molecule has 152 valence electrons. The lowest BCUT2D eigenvalue weighted by atomic mass is 10.1. The summed E-state index contributed by atoms with van der Waals surface area (Å²) in [5.74, 6) is 1.39. The maximum Gasteiger partial charge on any atom is 0.238 e. The number of amides is 1. The highest BCUT2D eigenvalue weighted by atomic mass is 32.2. The molecule has 3 aromatic rings. The molecule has 0 spiro atoms. The number of rotatable bonds is 8. The highest BCUT2D eigenvalue weighted by Crippen LogP contribution is 2.32. The standard InChI is InChI=1S/C23H26N2O2S2/c1-2-18-10-6-12-20-22(18)24-23(29-20)25(14-19-11-7-13-27-19)21(26)16-28-15-17-8-4-3-5-9-17/h3-6,8-10,12,19H,2,7,11,13-16H2,1H3. The Balaban J connectivity index is 1.51. The number of anilines is 1. The van der Waals surface area contributed by atoms with Gasteiger partial charge >= 0.3 is 0 Å². The van der Waals surface area contributed by atoms with Crippen molar-refractivity contribution in [1.29, 1.82) is 0 Å². The van der Waals surface area contributed by atoms with Crippen molar-refractivity contribution < 1.29 is 9.53 Å². The normalized spacial score (nSPS) is 16.4. The highest BCUT2D eigenvalue weighted by molar-refractivity contribution is 7.99. The Hall–Kier alpha value is -1.89. The largest absolute Gasteiger partial charge is 0.376 e. The molecule has 1 unspecified atom stereocenters. The zero-order valence-electron chi connectivity index (χ0n) is 16.7. The van der Waals surface area contributed by atoms with E-state index in [1.165, 1.54) is 11.1 Å². The van der Waals surface area contributed by atoms with Gasteiger partial charge in [-0.1, -0.05) is 60.7 Å². The molecule has 29 heavy (non-hydrogen) atoms. The lowest BCUT2D eigenvalue weighted by Gasteiger charge is -2.23. The van der Waals surface area contributed by atoms with Gasteiger partial charge in [-0.2, -0.15) is 0 Å². The zero-order chi connectivity index (χ0) is 20.1. The van der Waals surface area contributed by atoms with Crippen LogP contribution in [0, 0.1) is 0 Å². The fourth-order valence-electron chi connectivity index (χ4n) is 3.58. The Morgan fingerprint density at radius 1 is 1.24 bits per heavy atom. The van der Waals surface area contributed by atoms with Crippen LogP contribution in [0.4, 0.5) is 5.13 Å². The average molecular weight is 427 g/mol. The first-order valence-corrected chi connectivity index (χ1v) is 12.1. The quantitative estimate of drug-likeness (QED) is 0.490. The van der Waals surface area contributed by atoms with E-state index in [4.69, 9.17) is 9.72 Å². The van der Waals surface area contributed by atoms with Gasteiger partial charge in [-0.15, -0.1) is 11.8 Å². The molecule has 4 rings (SSSR count). The summed E-state index contributed by atoms with van der Waals surface area (Å²) in [6.45, 7) is 3.52. The Kier molecular flexibility index (Phi) is 6.85. The maximum absolute atomic E-state index is 13.2. The second-order valence-electron chi connectivity index (χ2n) is 7.23. The van der Waals surface area contributed by atoms with Gasteiger partial charge in [0.1, 0.15) is 0 Å². The van der Waals surface area contributed by atoms with E-state index < -0.39 is 0 Å². The van der Waals surface area contributed by atoms with E-state index in [1.807, 2.05) is 23.1 Å². The summed E-state index contributed by atoms with van der Waals surface area (Å²) in [6.07, 6.45) is 3.12. The van der Waals surface area contributed by atoms with Crippen molar-refractivity contribution in [2.45, 2.75) is 38.0 Å². The van der Waals surface area contributed by atoms with Crippen molar-refractivity contribution in [3.05, 3.63) is 59.7 Å². The molecule has 1 saturated heterocycles. The smallest absolute Gasteiger partial charge is 0.238 e. The molecule has 0 N–H and O–H groups in total. The van der Waals surface area contributed by atoms with Crippen molar-refractivity contribution >= 4 is 44.4 Å². The molecule has 0 saturated carbocycles. The van der Waals surface area contributed by atoms with Crippen LogP contribution in [0.5, 0.6) is 0 Å². The number of fused-ring (bicyclic) bond motifs is 1. The molecular formula is C23H26N2O2S2. The van der Waals surface area contributed by atoms with E-state index >= 15 is 0 Å². The SMILES string of the molecule is CCc1cccc2sc(N(CC3CCCO3)C(=O)CSCc3ccccc3)nc12. The lowest BCUT2D eigenvalue weighted by Crippen LogP contribution is -2.38. The molecule has 1 atom stereocenters. The molecule has 1 aliphatic rings. The zero-order valence-corrected chi connectivity index (χ0v) is 18.3. The summed E-state index contributed by atoms with van der Waals surface area (Å²) >= 11 is 3.26. The molecule has 1 aromatic heterocycles. The van der Waals surface area contributed by atoms with Crippen LogP contribution in [0.2, 0.25) is 0 Å². The van der Waals surface area contributed by atoms with E-state index in [-0.39, 0.29) is 12.0 Å². The molecule has 0 aliphatic carbocycles. The summed E-state index contributed by atoms with van der Waals surface area (Å²) in [5, 5.41) is 0.793. The predicted octanol–water partition coefficient (Wildman–Crippen LogP) is 5.30. The lowest BCUT2D eigenvalue weighted by molar-refractivity contribution is -0.116. The molecule has 0 radical (unpaired) electrons. The number of ether oxygens (including phenoxy) is 1. The van der Waals surface area contributed by atoms with Crippen molar-refractivity contribution in [2.75, 3.05) is 23.8 Å². The van der Waals surface area contributed by atoms with Crippen molar-refractivity contribution in [3.63, 3.8) is 0 Å². The average Bonchev–Trinajstić information content (AvgIpc) is 3.42. The Bertz CT molecular complexity index is 952. The fourth-order valence-corrected chi connectivity index (χ4v) is 5.48. The van der Waals surface area contributed by atoms with Gasteiger partial charge in [0.15, 0.2) is 5.13 Å². The Morgan fingerprint density at radius 3 is 2.86 bits per heavy atom. The molecule has 0 bridgehead atoms. The van der Waals surface area contributed by atoms with E-state index in [0.717, 1.165) is 47.0 Å². The third-order valence-electron chi connectivity index (χ3n) is 5.15. The van der Waals surface area contributed by atoms with Gasteiger partial charge in [-0.25, -0.2) is 4.98 Å². The summed E-state index contributed by atoms with van der Waals surface area (Å²) in [4.78, 5) is 19.9. The number of para-hydroxylation sites is 1. The first-order chi connectivity index (χ1) is 14.2. The summed E-state index contributed by atoms with van der Waals surface area (Å²) in [6, 6.07) is 16.6. The number of hydrogen-bond donors (Lipinski definition) is 0. The van der Waals surface area contributed by atoms with Crippen LogP contribution in [0.15, 0.2) is 48.5 Å². The number of hydrogen-bond acceptors (Lipinski definition) is 5. The van der Waals surface area contributed by atoms with Crippen LogP contribution in [-0.4, -0.2) is 35.9 Å². The van der Waals surface area contributed by atoms with Crippen LogP contribution in [-0.2, 0) is 21.7 Å². The van der Waals surface area contributed by atoms with Gasteiger partial charge in [0.2, 0.25) is 5.91 Å². The number of aryl methyl sites for hydroxylation is 1. The predicted molar refractivity (Wildman–Crippen MR) is 123 cm³/mol. The first-order valence-electron chi connectivity index (χ1n) is 10.2. The minimum Gasteiger partial charge on any atom is -0.376 e. The monoisotopic (exact) mass is 426 g/mol. The van der Waals surface area contributed by atoms with E-state index in [2.05, 4.69) is 37.3 Å². The van der Waals surface area contributed by atoms with Crippen LogP contribution in [0.1, 0.15) is 30.9 Å². The minimum atomic E-state index is 0.107. The van der Waals surface area contributed by atoms with E-state index in [1.54, 1.807) is 23.1 Å². The molecule has 1 aliphatic heterocycles. The minimum absolute atomic E-state index is 0.107. The highest BCUT2D eigenvalue weighted by Gasteiger charge is 2.26. The summed E-state index contributed by atoms with van der Waals surface area (Å²) in [5.41, 5.74) is 3.49. The van der Waals surface area contributed by atoms with Crippen LogP contribution < -0.4 is 4.90 Å². The van der Waals surface area contributed by atoms with Crippen molar-refractivity contribution in [2.24, 2.45) is 0 Å². The third kappa shape index (κ3) is 5.00. The molecular weight excluding hydrogens is 400 g/mol. The second-order valence-corrected chi connectivity index (χ2v) is 9.23. The Labute approximate surface area is 180 Å². The number of thioether (sulfide) groups is 1. The maximum atomic E-state index is 13.2. The Morgan fingerprint density at radius 2 is 2.10 bits per heavy atom. The number of carbonyl (C=O) groups excluding carboxylic acids is 1. The summed E-state index contributed by atoms with van der Waals surface area (Å²) in [7, 11) is 0. The van der Waals surface area contributed by atoms with Gasteiger partial charge in [0.25, 0.3) is 0 Å². The number of carbonyl (C=O) groups is 1. The molecule has 4 nitrogen and oxygen atoms in total. The van der Waals surface area contributed by atoms with Gasteiger partial charge in [-0.3, -0.25) is 9.69 Å². The number of aromatic nitrogens is 1. The number of benzene rings is 2. The topological polar surface area (TPSA) is 42.4 Å². The van der Waals surface area contributed by atoms with Crippen LogP contribution >= 0.6 is 23.1 Å². The molecule has 2 aromatic carbocycles. The van der Waals surface area contributed by atoms with Crippen LogP contribution in [0.3, 0.4) is 0 Å². The van der Waals surface area contributed by atoms with Crippen LogP contribution in [0.25, 0.3) is 10.2 Å².